The van der Waals surface area contributed by atoms with E-state index in [9.17, 15) is 9.90 Å². The first kappa shape index (κ1) is 22.5. The molecule has 1 aromatic heterocycles. The van der Waals surface area contributed by atoms with Crippen LogP contribution in [-0.4, -0.2) is 15.6 Å². The summed E-state index contributed by atoms with van der Waals surface area (Å²) in [7, 11) is 0. The molecule has 164 valence electrons. The van der Waals surface area contributed by atoms with Crippen molar-refractivity contribution in [1.29, 1.82) is 0 Å². The van der Waals surface area contributed by atoms with Gasteiger partial charge in [-0.3, -0.25) is 4.79 Å². The third kappa shape index (κ3) is 5.03. The fourth-order valence-electron chi connectivity index (χ4n) is 3.90. The van der Waals surface area contributed by atoms with Gasteiger partial charge in [-0.15, -0.1) is 0 Å². The Kier molecular flexibility index (Phi) is 6.92. The number of aliphatic carboxylic acids is 1. The number of nitrogens with zero attached hydrogens (tertiary/aromatic N) is 1. The van der Waals surface area contributed by atoms with Crippen LogP contribution in [0.25, 0.3) is 10.9 Å². The molecule has 0 radical (unpaired) electrons. The van der Waals surface area contributed by atoms with E-state index in [1.54, 1.807) is 11.8 Å². The zero-order chi connectivity index (χ0) is 22.7. The van der Waals surface area contributed by atoms with Crippen LogP contribution in [0.5, 0.6) is 0 Å². The Morgan fingerprint density at radius 3 is 2.41 bits per heavy atom. The van der Waals surface area contributed by atoms with Crippen LogP contribution in [0.2, 0.25) is 5.02 Å². The lowest BCUT2D eigenvalue weighted by Gasteiger charge is -2.12. The van der Waals surface area contributed by atoms with Gasteiger partial charge in [0.1, 0.15) is 0 Å². The number of hydrogen-bond acceptors (Lipinski definition) is 2. The van der Waals surface area contributed by atoms with E-state index in [1.807, 2.05) is 42.5 Å². The molecule has 4 aromatic rings. The van der Waals surface area contributed by atoms with Gasteiger partial charge in [0, 0.05) is 38.0 Å². The number of rotatable bonds is 8. The van der Waals surface area contributed by atoms with E-state index in [0.29, 0.717) is 23.9 Å². The highest BCUT2D eigenvalue weighted by Gasteiger charge is 2.20. The van der Waals surface area contributed by atoms with Crippen LogP contribution in [0.15, 0.2) is 82.6 Å². The lowest BCUT2D eigenvalue weighted by Crippen LogP contribution is -2.07. The molecule has 1 N–H and O–H groups in total. The predicted molar refractivity (Wildman–Crippen MR) is 133 cm³/mol. The molecule has 1 heterocycles. The minimum Gasteiger partial charge on any atom is -0.481 e. The summed E-state index contributed by atoms with van der Waals surface area (Å²) in [6, 6.07) is 24.8. The molecular formula is C27H26ClNO2S. The summed E-state index contributed by atoms with van der Waals surface area (Å²) in [6.07, 6.45) is 0.570. The van der Waals surface area contributed by atoms with Crippen LogP contribution >= 0.6 is 23.4 Å². The van der Waals surface area contributed by atoms with Gasteiger partial charge >= 0.3 is 5.97 Å². The molecule has 4 rings (SSSR count). The maximum absolute atomic E-state index is 11.5. The van der Waals surface area contributed by atoms with Gasteiger partial charge in [-0.1, -0.05) is 73.6 Å². The summed E-state index contributed by atoms with van der Waals surface area (Å²) < 4.78 is 2.27. The van der Waals surface area contributed by atoms with E-state index in [1.165, 1.54) is 10.9 Å². The molecule has 0 saturated carbocycles. The third-order valence-electron chi connectivity index (χ3n) is 5.60. The minimum absolute atomic E-state index is 0.0936. The van der Waals surface area contributed by atoms with Crippen LogP contribution < -0.4 is 0 Å². The van der Waals surface area contributed by atoms with Gasteiger partial charge in [0.05, 0.1) is 6.42 Å². The number of fused-ring (bicyclic) bond motifs is 1. The Balaban J connectivity index is 1.90. The lowest BCUT2D eigenvalue weighted by molar-refractivity contribution is -0.137. The van der Waals surface area contributed by atoms with Crippen molar-refractivity contribution < 1.29 is 9.90 Å². The molecular weight excluding hydrogens is 438 g/mol. The largest absolute Gasteiger partial charge is 0.481 e. The van der Waals surface area contributed by atoms with Crippen molar-refractivity contribution in [3.05, 3.63) is 94.6 Å². The molecule has 0 aliphatic carbocycles. The first-order chi connectivity index (χ1) is 15.4. The molecule has 32 heavy (non-hydrogen) atoms. The number of carboxylic acids is 1. The van der Waals surface area contributed by atoms with Gasteiger partial charge < -0.3 is 9.67 Å². The van der Waals surface area contributed by atoms with Crippen LogP contribution in [0.1, 0.15) is 43.0 Å². The first-order valence-corrected chi connectivity index (χ1v) is 12.0. The number of halogens is 1. The summed E-state index contributed by atoms with van der Waals surface area (Å²) in [5.74, 6) is -0.372. The van der Waals surface area contributed by atoms with Gasteiger partial charge in [-0.25, -0.2) is 0 Å². The molecule has 3 aromatic carbocycles. The van der Waals surface area contributed by atoms with Crippen LogP contribution in [0.3, 0.4) is 0 Å². The number of carboxylic acid groups (broad SMARTS) is 1. The fraction of sp³-hybridized carbons (Fsp3) is 0.222. The molecule has 0 bridgehead atoms. The summed E-state index contributed by atoms with van der Waals surface area (Å²) in [5, 5.41) is 11.3. The highest BCUT2D eigenvalue weighted by atomic mass is 35.5. The molecule has 0 amide bonds. The van der Waals surface area contributed by atoms with Crippen molar-refractivity contribution >= 4 is 40.2 Å². The van der Waals surface area contributed by atoms with Crippen molar-refractivity contribution in [2.75, 3.05) is 0 Å². The van der Waals surface area contributed by atoms with Crippen molar-refractivity contribution in [2.24, 2.45) is 0 Å². The summed E-state index contributed by atoms with van der Waals surface area (Å²) in [4.78, 5) is 13.8. The van der Waals surface area contributed by atoms with Gasteiger partial charge in [-0.2, -0.15) is 0 Å². The van der Waals surface area contributed by atoms with Crippen LogP contribution in [0.4, 0.5) is 0 Å². The average molecular weight is 464 g/mol. The number of carbonyl (C=O) groups is 1. The van der Waals surface area contributed by atoms with E-state index in [0.717, 1.165) is 26.6 Å². The molecule has 0 fully saturated rings. The van der Waals surface area contributed by atoms with Gasteiger partial charge in [0.2, 0.25) is 0 Å². The topological polar surface area (TPSA) is 42.2 Å². The maximum atomic E-state index is 11.5. The van der Waals surface area contributed by atoms with Gasteiger partial charge in [0.25, 0.3) is 0 Å². The molecule has 0 aliphatic rings. The van der Waals surface area contributed by atoms with E-state index in [4.69, 9.17) is 11.6 Å². The Hall–Kier alpha value is -2.69. The number of hydrogen-bond donors (Lipinski definition) is 1. The van der Waals surface area contributed by atoms with E-state index in [2.05, 4.69) is 48.7 Å². The summed E-state index contributed by atoms with van der Waals surface area (Å²) in [6.45, 7) is 5.06. The summed E-state index contributed by atoms with van der Waals surface area (Å²) in [5.41, 5.74) is 4.60. The minimum atomic E-state index is -0.785. The second-order valence-corrected chi connectivity index (χ2v) is 9.75. The highest BCUT2D eigenvalue weighted by molar-refractivity contribution is 7.99. The smallest absolute Gasteiger partial charge is 0.303 e. The zero-order valence-corrected chi connectivity index (χ0v) is 19.8. The van der Waals surface area contributed by atoms with Crippen LogP contribution in [0, 0.1) is 0 Å². The Morgan fingerprint density at radius 1 is 1.03 bits per heavy atom. The highest BCUT2D eigenvalue weighted by Crippen LogP contribution is 2.40. The van der Waals surface area contributed by atoms with E-state index < -0.39 is 5.97 Å². The molecule has 0 unspecified atom stereocenters. The van der Waals surface area contributed by atoms with Crippen molar-refractivity contribution in [1.82, 2.24) is 4.57 Å². The maximum Gasteiger partial charge on any atom is 0.303 e. The molecule has 0 aliphatic heterocycles. The van der Waals surface area contributed by atoms with Crippen molar-refractivity contribution in [3.63, 3.8) is 0 Å². The molecule has 0 saturated heterocycles. The molecule has 5 heteroatoms. The summed E-state index contributed by atoms with van der Waals surface area (Å²) >= 11 is 7.81. The molecule has 0 spiro atoms. The van der Waals surface area contributed by atoms with Gasteiger partial charge in [0.15, 0.2) is 0 Å². The predicted octanol–water partition coefficient (Wildman–Crippen LogP) is 7.63. The molecule has 0 atom stereocenters. The second kappa shape index (κ2) is 9.85. The lowest BCUT2D eigenvalue weighted by atomic mass is 10.0. The second-order valence-electron chi connectivity index (χ2n) is 8.23. The number of aromatic nitrogens is 1. The Morgan fingerprint density at radius 2 is 1.75 bits per heavy atom. The van der Waals surface area contributed by atoms with Crippen LogP contribution in [-0.2, 0) is 17.8 Å². The normalized spacial score (nSPS) is 11.4. The van der Waals surface area contributed by atoms with E-state index in [-0.39, 0.29) is 6.42 Å². The fourth-order valence-corrected chi connectivity index (χ4v) is 5.16. The Labute approximate surface area is 198 Å². The van der Waals surface area contributed by atoms with Gasteiger partial charge in [-0.05, 0) is 59.9 Å². The van der Waals surface area contributed by atoms with Crippen molar-refractivity contribution in [3.8, 4) is 0 Å². The number of benzene rings is 3. The SMILES string of the molecule is CC(C)c1ccc2c(c1)c(Sc1ccccc1)c(CCC(=O)O)n2Cc1ccc(Cl)cc1. The third-order valence-corrected chi connectivity index (χ3v) is 7.02. The standard InChI is InChI=1S/C27H26ClNO2S/c1-18(2)20-10-13-24-23(16-20)27(32-22-6-4-3-5-7-22)25(14-15-26(30)31)29(24)17-19-8-11-21(28)12-9-19/h3-13,16,18H,14-15,17H2,1-2H3,(H,30,31). The first-order valence-electron chi connectivity index (χ1n) is 10.8. The average Bonchev–Trinajstić information content (AvgIpc) is 3.06. The Bertz CT molecular complexity index is 1230. The monoisotopic (exact) mass is 463 g/mol. The van der Waals surface area contributed by atoms with E-state index >= 15 is 0 Å². The quantitative estimate of drug-likeness (QED) is 0.292. The zero-order valence-electron chi connectivity index (χ0n) is 18.2. The molecule has 3 nitrogen and oxygen atoms in total. The van der Waals surface area contributed by atoms with Crippen molar-refractivity contribution in [2.45, 2.75) is 48.9 Å².